The largest absolute Gasteiger partial charge is 0.274 e. The molecule has 3 fully saturated rings. The Hall–Kier alpha value is -0.910. The molecule has 1 aromatic rings. The zero-order valence-corrected chi connectivity index (χ0v) is 12.5. The van der Waals surface area contributed by atoms with Gasteiger partial charge in [-0.1, -0.05) is 0 Å². The van der Waals surface area contributed by atoms with Crippen molar-refractivity contribution in [2.24, 2.45) is 23.7 Å². The number of hydrogen-bond acceptors (Lipinski definition) is 2. The lowest BCUT2D eigenvalue weighted by Crippen LogP contribution is -2.32. The molecule has 0 radical (unpaired) electrons. The molecule has 0 spiro atoms. The van der Waals surface area contributed by atoms with Gasteiger partial charge in [0, 0.05) is 3.57 Å². The molecule has 1 aromatic carbocycles. The summed E-state index contributed by atoms with van der Waals surface area (Å²) in [5.74, 6) is 0.962. The average Bonchev–Trinajstić information content (AvgIpc) is 3.06. The van der Waals surface area contributed by atoms with Crippen LogP contribution < -0.4 is 4.90 Å². The molecule has 3 aliphatic rings. The molecule has 19 heavy (non-hydrogen) atoms. The summed E-state index contributed by atoms with van der Waals surface area (Å²) in [6, 6.07) is 7.64. The molecular formula is C15H14INO2. The van der Waals surface area contributed by atoms with Crippen molar-refractivity contribution >= 4 is 40.1 Å². The van der Waals surface area contributed by atoms with Crippen LogP contribution >= 0.6 is 22.6 Å². The van der Waals surface area contributed by atoms with E-state index in [0.29, 0.717) is 11.8 Å². The summed E-state index contributed by atoms with van der Waals surface area (Å²) in [5, 5.41) is 0. The highest BCUT2D eigenvalue weighted by molar-refractivity contribution is 14.1. The molecule has 2 bridgehead atoms. The number of carbonyl (C=O) groups excluding carboxylic acids is 2. The van der Waals surface area contributed by atoms with Gasteiger partial charge in [0.05, 0.1) is 17.5 Å². The van der Waals surface area contributed by atoms with E-state index in [2.05, 4.69) is 22.6 Å². The number of benzene rings is 1. The molecule has 2 saturated carbocycles. The Labute approximate surface area is 125 Å². The Morgan fingerprint density at radius 2 is 1.47 bits per heavy atom. The molecule has 2 aliphatic carbocycles. The standard InChI is InChI=1S/C15H14INO2/c16-10-3-5-11(6-4-10)17-14(18)12-8-1-2-9(7-8)13(12)15(17)19/h3-6,8-9,12-13H,1-2,7H2/t8-,9-,12+,13+/m0/s1. The van der Waals surface area contributed by atoms with Crippen LogP contribution in [0.4, 0.5) is 5.69 Å². The lowest BCUT2D eigenvalue weighted by molar-refractivity contribution is -0.123. The van der Waals surface area contributed by atoms with Gasteiger partial charge < -0.3 is 0 Å². The normalized spacial score (nSPS) is 36.2. The molecule has 1 saturated heterocycles. The molecule has 4 rings (SSSR count). The van der Waals surface area contributed by atoms with Gasteiger partial charge in [-0.25, -0.2) is 0 Å². The summed E-state index contributed by atoms with van der Waals surface area (Å²) in [4.78, 5) is 26.6. The summed E-state index contributed by atoms with van der Waals surface area (Å²) in [6.07, 6.45) is 3.35. The monoisotopic (exact) mass is 367 g/mol. The van der Waals surface area contributed by atoms with Crippen molar-refractivity contribution in [2.75, 3.05) is 4.90 Å². The van der Waals surface area contributed by atoms with Gasteiger partial charge in [0.15, 0.2) is 0 Å². The number of imide groups is 1. The third-order valence-electron chi connectivity index (χ3n) is 5.01. The number of nitrogens with zero attached hydrogens (tertiary/aromatic N) is 1. The van der Waals surface area contributed by atoms with Gasteiger partial charge in [-0.3, -0.25) is 14.5 Å². The second-order valence-corrected chi connectivity index (χ2v) is 7.12. The average molecular weight is 367 g/mol. The van der Waals surface area contributed by atoms with E-state index in [0.717, 1.165) is 28.5 Å². The topological polar surface area (TPSA) is 37.4 Å². The number of carbonyl (C=O) groups is 2. The highest BCUT2D eigenvalue weighted by atomic mass is 127. The van der Waals surface area contributed by atoms with Gasteiger partial charge in [-0.15, -0.1) is 0 Å². The van der Waals surface area contributed by atoms with Gasteiger partial charge in [0.2, 0.25) is 11.8 Å². The Balaban J connectivity index is 1.73. The quantitative estimate of drug-likeness (QED) is 0.566. The first-order chi connectivity index (χ1) is 9.16. The first-order valence-corrected chi connectivity index (χ1v) is 7.88. The Bertz CT molecular complexity index is 540. The summed E-state index contributed by atoms with van der Waals surface area (Å²) in [5.41, 5.74) is 0.740. The van der Waals surface area contributed by atoms with Gasteiger partial charge in [-0.05, 0) is 78.0 Å². The fourth-order valence-electron chi connectivity index (χ4n) is 4.25. The maximum absolute atomic E-state index is 12.6. The van der Waals surface area contributed by atoms with Crippen LogP contribution in [0.1, 0.15) is 19.3 Å². The first-order valence-electron chi connectivity index (χ1n) is 6.80. The second-order valence-electron chi connectivity index (χ2n) is 5.87. The molecule has 2 amide bonds. The summed E-state index contributed by atoms with van der Waals surface area (Å²) in [7, 11) is 0. The number of fused-ring (bicyclic) bond motifs is 5. The van der Waals surface area contributed by atoms with Crippen molar-refractivity contribution in [2.45, 2.75) is 19.3 Å². The van der Waals surface area contributed by atoms with E-state index >= 15 is 0 Å². The molecule has 3 nitrogen and oxygen atoms in total. The van der Waals surface area contributed by atoms with Crippen LogP contribution in [0.2, 0.25) is 0 Å². The van der Waals surface area contributed by atoms with Crippen LogP contribution in [0, 0.1) is 27.2 Å². The predicted octanol–water partition coefficient (Wildman–Crippen LogP) is 2.83. The van der Waals surface area contributed by atoms with E-state index < -0.39 is 0 Å². The third-order valence-corrected chi connectivity index (χ3v) is 5.73. The minimum absolute atomic E-state index is 0.0227. The van der Waals surface area contributed by atoms with Crippen molar-refractivity contribution in [3.05, 3.63) is 27.8 Å². The summed E-state index contributed by atoms with van der Waals surface area (Å²) >= 11 is 2.23. The van der Waals surface area contributed by atoms with E-state index in [1.165, 1.54) is 4.90 Å². The minimum Gasteiger partial charge on any atom is -0.274 e. The van der Waals surface area contributed by atoms with Crippen LogP contribution in [0.25, 0.3) is 0 Å². The fourth-order valence-corrected chi connectivity index (χ4v) is 4.61. The Morgan fingerprint density at radius 1 is 0.947 bits per heavy atom. The van der Waals surface area contributed by atoms with Crippen molar-refractivity contribution in [3.8, 4) is 0 Å². The zero-order valence-electron chi connectivity index (χ0n) is 10.4. The number of anilines is 1. The van der Waals surface area contributed by atoms with Crippen molar-refractivity contribution in [3.63, 3.8) is 0 Å². The second kappa shape index (κ2) is 4.04. The molecule has 0 aromatic heterocycles. The Morgan fingerprint density at radius 3 is 2.00 bits per heavy atom. The van der Waals surface area contributed by atoms with E-state index in [4.69, 9.17) is 0 Å². The minimum atomic E-state index is -0.0227. The van der Waals surface area contributed by atoms with Gasteiger partial charge >= 0.3 is 0 Å². The van der Waals surface area contributed by atoms with Gasteiger partial charge in [0.25, 0.3) is 0 Å². The number of halogens is 1. The van der Waals surface area contributed by atoms with E-state index in [-0.39, 0.29) is 23.7 Å². The highest BCUT2D eigenvalue weighted by Crippen LogP contribution is 2.56. The van der Waals surface area contributed by atoms with Crippen molar-refractivity contribution in [1.82, 2.24) is 0 Å². The molecule has 0 N–H and O–H groups in total. The molecular weight excluding hydrogens is 353 g/mol. The van der Waals surface area contributed by atoms with E-state index in [1.54, 1.807) is 0 Å². The van der Waals surface area contributed by atoms with E-state index in [9.17, 15) is 9.59 Å². The lowest BCUT2D eigenvalue weighted by Gasteiger charge is -2.19. The van der Waals surface area contributed by atoms with Crippen molar-refractivity contribution in [1.29, 1.82) is 0 Å². The van der Waals surface area contributed by atoms with Crippen LogP contribution in [-0.4, -0.2) is 11.8 Å². The van der Waals surface area contributed by atoms with Crippen LogP contribution in [0.15, 0.2) is 24.3 Å². The molecule has 1 heterocycles. The van der Waals surface area contributed by atoms with Crippen molar-refractivity contribution < 1.29 is 9.59 Å². The lowest BCUT2D eigenvalue weighted by atomic mass is 9.81. The third kappa shape index (κ3) is 1.55. The number of amides is 2. The molecule has 0 unspecified atom stereocenters. The SMILES string of the molecule is O=C1[C@@H]2[C@H]3CC[C@@H](C3)[C@H]2C(=O)N1c1ccc(I)cc1. The highest BCUT2D eigenvalue weighted by Gasteiger charge is 2.61. The van der Waals surface area contributed by atoms with Crippen LogP contribution in [0.5, 0.6) is 0 Å². The molecule has 4 atom stereocenters. The van der Waals surface area contributed by atoms with Crippen LogP contribution in [0.3, 0.4) is 0 Å². The zero-order chi connectivity index (χ0) is 13.1. The molecule has 1 aliphatic heterocycles. The van der Waals surface area contributed by atoms with E-state index in [1.807, 2.05) is 24.3 Å². The van der Waals surface area contributed by atoms with Gasteiger partial charge in [-0.2, -0.15) is 0 Å². The summed E-state index contributed by atoms with van der Waals surface area (Å²) in [6.45, 7) is 0. The summed E-state index contributed by atoms with van der Waals surface area (Å²) < 4.78 is 1.11. The Kier molecular flexibility index (Phi) is 2.53. The number of rotatable bonds is 1. The smallest absolute Gasteiger partial charge is 0.237 e. The fraction of sp³-hybridized carbons (Fsp3) is 0.467. The number of hydrogen-bond donors (Lipinski definition) is 0. The maximum atomic E-state index is 12.6. The van der Waals surface area contributed by atoms with Crippen LogP contribution in [-0.2, 0) is 9.59 Å². The predicted molar refractivity (Wildman–Crippen MR) is 79.5 cm³/mol. The maximum Gasteiger partial charge on any atom is 0.237 e. The van der Waals surface area contributed by atoms with Gasteiger partial charge in [0.1, 0.15) is 0 Å². The molecule has 4 heteroatoms. The molecule has 98 valence electrons. The first kappa shape index (κ1) is 11.9.